The molecule has 0 unspecified atom stereocenters. The van der Waals surface area contributed by atoms with Crippen LogP contribution in [0.4, 0.5) is 0 Å². The number of ether oxygens (including phenoxy) is 1. The summed E-state index contributed by atoms with van der Waals surface area (Å²) in [4.78, 5) is 15.3. The van der Waals surface area contributed by atoms with Crippen LogP contribution in [-0.2, 0) is 17.6 Å². The highest BCUT2D eigenvalue weighted by Gasteiger charge is 2.29. The van der Waals surface area contributed by atoms with E-state index in [9.17, 15) is 4.79 Å². The summed E-state index contributed by atoms with van der Waals surface area (Å²) in [7, 11) is 0. The number of nitrogens with zero attached hydrogens (tertiary/aromatic N) is 3. The number of aryl methyl sites for hydroxylation is 1. The summed E-state index contributed by atoms with van der Waals surface area (Å²) in [6.45, 7) is 3.37. The van der Waals surface area contributed by atoms with Crippen molar-refractivity contribution in [3.8, 4) is 16.9 Å². The Morgan fingerprint density at radius 1 is 1.07 bits per heavy atom. The number of carbonyl (C=O) groups is 1. The van der Waals surface area contributed by atoms with E-state index in [1.54, 1.807) is 0 Å². The van der Waals surface area contributed by atoms with E-state index >= 15 is 0 Å². The molecule has 2 aliphatic rings. The number of fused-ring (bicyclic) bond motifs is 3. The lowest BCUT2D eigenvalue weighted by atomic mass is 9.89. The molecule has 5 nitrogen and oxygen atoms in total. The lowest BCUT2D eigenvalue weighted by Crippen LogP contribution is -2.25. The van der Waals surface area contributed by atoms with E-state index in [1.165, 1.54) is 18.4 Å². The van der Waals surface area contributed by atoms with Crippen molar-refractivity contribution in [1.29, 1.82) is 0 Å². The molecule has 2 aromatic carbocycles. The summed E-state index contributed by atoms with van der Waals surface area (Å²) in [5.41, 5.74) is 5.53. The zero-order valence-corrected chi connectivity index (χ0v) is 17.6. The fourth-order valence-corrected chi connectivity index (χ4v) is 4.68. The molecule has 1 saturated heterocycles. The van der Waals surface area contributed by atoms with Crippen LogP contribution >= 0.6 is 11.6 Å². The fraction of sp³-hybridized carbons (Fsp3) is 0.333. The standard InChI is InChI=1S/C24H24ClN3O2/c25-18-9-11-20-17(16-18)8-10-21-22(24(29)30-15-14-27-12-4-5-13-27)26-28(23(20)21)19-6-2-1-3-7-19/h1-3,6-7,9,11,16H,4-5,8,10,12-15H2. The van der Waals surface area contributed by atoms with E-state index in [2.05, 4.69) is 4.90 Å². The van der Waals surface area contributed by atoms with Crippen molar-refractivity contribution in [3.63, 3.8) is 0 Å². The first kappa shape index (κ1) is 19.3. The minimum atomic E-state index is -0.336. The van der Waals surface area contributed by atoms with Gasteiger partial charge in [-0.25, -0.2) is 9.48 Å². The summed E-state index contributed by atoms with van der Waals surface area (Å²) >= 11 is 6.23. The van der Waals surface area contributed by atoms with E-state index in [-0.39, 0.29) is 5.97 Å². The van der Waals surface area contributed by atoms with E-state index in [1.807, 2.05) is 53.2 Å². The summed E-state index contributed by atoms with van der Waals surface area (Å²) in [5.74, 6) is -0.336. The van der Waals surface area contributed by atoms with Gasteiger partial charge in [0.2, 0.25) is 0 Å². The zero-order valence-electron chi connectivity index (χ0n) is 16.8. The van der Waals surface area contributed by atoms with E-state index in [0.717, 1.165) is 60.0 Å². The maximum atomic E-state index is 13.0. The van der Waals surface area contributed by atoms with E-state index in [4.69, 9.17) is 21.4 Å². The molecule has 1 fully saturated rings. The quantitative estimate of drug-likeness (QED) is 0.567. The number of para-hydroxylation sites is 1. The number of esters is 1. The number of halogens is 1. The number of benzene rings is 2. The molecule has 6 heteroatoms. The van der Waals surface area contributed by atoms with Gasteiger partial charge in [-0.3, -0.25) is 4.90 Å². The predicted molar refractivity (Wildman–Crippen MR) is 117 cm³/mol. The van der Waals surface area contributed by atoms with E-state index in [0.29, 0.717) is 12.3 Å². The van der Waals surface area contributed by atoms with Gasteiger partial charge in [-0.1, -0.05) is 35.9 Å². The monoisotopic (exact) mass is 421 g/mol. The lowest BCUT2D eigenvalue weighted by Gasteiger charge is -2.19. The Kier molecular flexibility index (Phi) is 5.32. The Labute approximate surface area is 181 Å². The summed E-state index contributed by atoms with van der Waals surface area (Å²) in [5, 5.41) is 5.46. The lowest BCUT2D eigenvalue weighted by molar-refractivity contribution is 0.0463. The molecule has 0 N–H and O–H groups in total. The average Bonchev–Trinajstić information content (AvgIpc) is 3.42. The van der Waals surface area contributed by atoms with Gasteiger partial charge in [0, 0.05) is 22.7 Å². The van der Waals surface area contributed by atoms with Crippen LogP contribution in [0, 0.1) is 0 Å². The number of hydrogen-bond acceptors (Lipinski definition) is 4. The van der Waals surface area contributed by atoms with E-state index < -0.39 is 0 Å². The Balaban J connectivity index is 1.50. The van der Waals surface area contributed by atoms with Crippen molar-refractivity contribution in [3.05, 3.63) is 70.4 Å². The largest absolute Gasteiger partial charge is 0.460 e. The van der Waals surface area contributed by atoms with Crippen molar-refractivity contribution in [2.24, 2.45) is 0 Å². The van der Waals surface area contributed by atoms with Crippen molar-refractivity contribution in [2.45, 2.75) is 25.7 Å². The molecule has 1 aromatic heterocycles. The van der Waals surface area contributed by atoms with Gasteiger partial charge < -0.3 is 4.74 Å². The van der Waals surface area contributed by atoms with Gasteiger partial charge in [0.1, 0.15) is 6.61 Å². The van der Waals surface area contributed by atoms with Gasteiger partial charge >= 0.3 is 5.97 Å². The molecule has 0 amide bonds. The van der Waals surface area contributed by atoms with Crippen molar-refractivity contribution in [2.75, 3.05) is 26.2 Å². The Bertz CT molecular complexity index is 1070. The number of carbonyl (C=O) groups excluding carboxylic acids is 1. The van der Waals surface area contributed by atoms with Crippen LogP contribution in [0.5, 0.6) is 0 Å². The van der Waals surface area contributed by atoms with Gasteiger partial charge in [-0.05, 0) is 68.6 Å². The number of rotatable bonds is 5. The maximum Gasteiger partial charge on any atom is 0.359 e. The molecule has 0 saturated carbocycles. The van der Waals surface area contributed by atoms with Gasteiger partial charge in [0.15, 0.2) is 5.69 Å². The third kappa shape index (κ3) is 3.64. The number of likely N-dealkylation sites (tertiary alicyclic amines) is 1. The normalized spacial score (nSPS) is 15.6. The first-order chi connectivity index (χ1) is 14.7. The molecule has 154 valence electrons. The molecule has 5 rings (SSSR count). The first-order valence-electron chi connectivity index (χ1n) is 10.6. The minimum Gasteiger partial charge on any atom is -0.460 e. The zero-order chi connectivity index (χ0) is 20.5. The van der Waals surface area contributed by atoms with Crippen molar-refractivity contribution < 1.29 is 9.53 Å². The fourth-order valence-electron chi connectivity index (χ4n) is 4.49. The second-order valence-electron chi connectivity index (χ2n) is 7.91. The highest BCUT2D eigenvalue weighted by atomic mass is 35.5. The van der Waals surface area contributed by atoms with Crippen LogP contribution < -0.4 is 0 Å². The van der Waals surface area contributed by atoms with Crippen LogP contribution in [0.2, 0.25) is 5.02 Å². The molecule has 0 bridgehead atoms. The van der Waals surface area contributed by atoms with Crippen LogP contribution in [-0.4, -0.2) is 46.9 Å². The van der Waals surface area contributed by atoms with Crippen LogP contribution in [0.15, 0.2) is 48.5 Å². The van der Waals surface area contributed by atoms with Gasteiger partial charge in [-0.15, -0.1) is 0 Å². The second-order valence-corrected chi connectivity index (χ2v) is 8.35. The Morgan fingerprint density at radius 2 is 1.87 bits per heavy atom. The number of aromatic nitrogens is 2. The highest BCUT2D eigenvalue weighted by Crippen LogP contribution is 2.38. The summed E-state index contributed by atoms with van der Waals surface area (Å²) < 4.78 is 7.51. The summed E-state index contributed by atoms with van der Waals surface area (Å²) in [6, 6.07) is 15.9. The molecule has 3 aromatic rings. The molecule has 0 spiro atoms. The number of hydrogen-bond donors (Lipinski definition) is 0. The van der Waals surface area contributed by atoms with Crippen LogP contribution in [0.25, 0.3) is 16.9 Å². The van der Waals surface area contributed by atoms with Gasteiger partial charge in [0.25, 0.3) is 0 Å². The minimum absolute atomic E-state index is 0.336. The molecular weight excluding hydrogens is 398 g/mol. The highest BCUT2D eigenvalue weighted by molar-refractivity contribution is 6.30. The summed E-state index contributed by atoms with van der Waals surface area (Å²) in [6.07, 6.45) is 4.03. The van der Waals surface area contributed by atoms with Crippen LogP contribution in [0.3, 0.4) is 0 Å². The Morgan fingerprint density at radius 3 is 2.67 bits per heavy atom. The molecule has 0 radical (unpaired) electrons. The SMILES string of the molecule is O=C(OCCN1CCCC1)c1nn(-c2ccccc2)c2c1CCc1cc(Cl)ccc1-2. The molecule has 30 heavy (non-hydrogen) atoms. The average molecular weight is 422 g/mol. The predicted octanol–water partition coefficient (Wildman–Crippen LogP) is 4.54. The van der Waals surface area contributed by atoms with Gasteiger partial charge in [0.05, 0.1) is 11.4 Å². The molecule has 1 aliphatic carbocycles. The Hall–Kier alpha value is -2.63. The maximum absolute atomic E-state index is 13.0. The third-order valence-electron chi connectivity index (χ3n) is 5.98. The van der Waals surface area contributed by atoms with Crippen molar-refractivity contribution >= 4 is 17.6 Å². The molecule has 0 atom stereocenters. The third-order valence-corrected chi connectivity index (χ3v) is 6.22. The smallest absolute Gasteiger partial charge is 0.359 e. The molecule has 1 aliphatic heterocycles. The topological polar surface area (TPSA) is 47.4 Å². The molecular formula is C24H24ClN3O2. The van der Waals surface area contributed by atoms with Crippen molar-refractivity contribution in [1.82, 2.24) is 14.7 Å². The first-order valence-corrected chi connectivity index (χ1v) is 10.9. The van der Waals surface area contributed by atoms with Crippen LogP contribution in [0.1, 0.15) is 34.5 Å². The van der Waals surface area contributed by atoms with Gasteiger partial charge in [-0.2, -0.15) is 5.10 Å². The molecule has 2 heterocycles. The second kappa shape index (κ2) is 8.25.